The van der Waals surface area contributed by atoms with E-state index in [0.717, 1.165) is 6.42 Å². The second-order valence-corrected chi connectivity index (χ2v) is 7.53. The van der Waals surface area contributed by atoms with Crippen molar-refractivity contribution in [3.63, 3.8) is 0 Å². The van der Waals surface area contributed by atoms with Gasteiger partial charge in [-0.1, -0.05) is 20.8 Å². The molecule has 0 aliphatic rings. The second kappa shape index (κ2) is 4.06. The summed E-state index contributed by atoms with van der Waals surface area (Å²) >= 11 is 4.54. The first-order valence-electron chi connectivity index (χ1n) is 5.01. The van der Waals surface area contributed by atoms with Crippen molar-refractivity contribution >= 4 is 27.5 Å². The molecule has 1 rings (SSSR count). The summed E-state index contributed by atoms with van der Waals surface area (Å²) in [4.78, 5) is 11.4. The molecule has 0 saturated heterocycles. The molecule has 0 atom stereocenters. The van der Waals surface area contributed by atoms with E-state index in [-0.39, 0.29) is 15.7 Å². The molecule has 0 aromatic carbocycles. The van der Waals surface area contributed by atoms with Gasteiger partial charge in [0.2, 0.25) is 0 Å². The topological polar surface area (TPSA) is 22.0 Å². The van der Waals surface area contributed by atoms with Gasteiger partial charge in [0.05, 0.1) is 4.47 Å². The molecule has 0 spiro atoms. The maximum atomic E-state index is 11.4. The summed E-state index contributed by atoms with van der Waals surface area (Å²) in [7, 11) is 0. The Morgan fingerprint density at radius 3 is 2.20 bits per heavy atom. The molecule has 1 aromatic rings. The van der Waals surface area contributed by atoms with E-state index in [4.69, 9.17) is 0 Å². The van der Waals surface area contributed by atoms with Crippen LogP contribution >= 0.6 is 27.5 Å². The van der Waals surface area contributed by atoms with Crippen LogP contribution in [-0.4, -0.2) is 3.96 Å². The summed E-state index contributed by atoms with van der Waals surface area (Å²) in [5, 5.41) is 0. The van der Waals surface area contributed by atoms with E-state index in [0.29, 0.717) is 4.47 Å². The van der Waals surface area contributed by atoms with Crippen molar-refractivity contribution in [1.29, 1.82) is 0 Å². The van der Waals surface area contributed by atoms with Crippen LogP contribution in [0.3, 0.4) is 0 Å². The predicted molar refractivity (Wildman–Crippen MR) is 69.7 cm³/mol. The Kier molecular flexibility index (Phi) is 3.51. The zero-order valence-corrected chi connectivity index (χ0v) is 12.3. The monoisotopic (exact) mass is 291 g/mol. The molecule has 0 fully saturated rings. The fourth-order valence-corrected chi connectivity index (χ4v) is 3.33. The van der Waals surface area contributed by atoms with Crippen LogP contribution in [0.25, 0.3) is 0 Å². The largest absolute Gasteiger partial charge is 0.295 e. The molecule has 1 aromatic heterocycles. The third-order valence-electron chi connectivity index (χ3n) is 2.17. The molecule has 0 radical (unpaired) electrons. The molecule has 0 aliphatic heterocycles. The Bertz CT molecular complexity index is 397. The maximum absolute atomic E-state index is 11.4. The third kappa shape index (κ3) is 3.45. The minimum atomic E-state index is -0.00586. The standard InChI is InChI=1S/C11H18BrNOS/c1-10(2,3)7-11(4,5)13-6-8(12)9(14)15-13/h6H,7H2,1-5H3. The van der Waals surface area contributed by atoms with Crippen LogP contribution < -0.4 is 4.74 Å². The fraction of sp³-hybridized carbons (Fsp3) is 0.727. The molecule has 0 bridgehead atoms. The molecule has 0 saturated carbocycles. The average molecular weight is 292 g/mol. The number of aromatic nitrogens is 1. The van der Waals surface area contributed by atoms with Gasteiger partial charge >= 0.3 is 0 Å². The fourth-order valence-electron chi connectivity index (χ4n) is 1.99. The van der Waals surface area contributed by atoms with Gasteiger partial charge in [-0.3, -0.25) is 8.75 Å². The first kappa shape index (κ1) is 13.0. The molecule has 0 aliphatic carbocycles. The van der Waals surface area contributed by atoms with Gasteiger partial charge in [0, 0.05) is 11.7 Å². The first-order chi connectivity index (χ1) is 6.62. The summed E-state index contributed by atoms with van der Waals surface area (Å²) in [5.41, 5.74) is 0.254. The van der Waals surface area contributed by atoms with Gasteiger partial charge in [-0.15, -0.1) is 0 Å². The SMILES string of the molecule is CC(C)(C)CC(C)(C)n1cc(Br)c(=O)s1. The molecule has 0 amide bonds. The maximum Gasteiger partial charge on any atom is 0.263 e. The second-order valence-electron chi connectivity index (χ2n) is 5.73. The van der Waals surface area contributed by atoms with Crippen LogP contribution in [0.4, 0.5) is 0 Å². The first-order valence-corrected chi connectivity index (χ1v) is 6.57. The van der Waals surface area contributed by atoms with Gasteiger partial charge < -0.3 is 0 Å². The molecular formula is C11H18BrNOS. The Morgan fingerprint density at radius 1 is 1.33 bits per heavy atom. The summed E-state index contributed by atoms with van der Waals surface area (Å²) < 4.78 is 2.80. The van der Waals surface area contributed by atoms with Crippen molar-refractivity contribution in [2.45, 2.75) is 46.6 Å². The lowest BCUT2D eigenvalue weighted by Crippen LogP contribution is -2.29. The zero-order valence-electron chi connectivity index (χ0n) is 9.93. The normalized spacial score (nSPS) is 13.2. The number of rotatable bonds is 2. The molecule has 4 heteroatoms. The predicted octanol–water partition coefficient (Wildman–Crippen LogP) is 3.84. The molecule has 86 valence electrons. The lowest BCUT2D eigenvalue weighted by atomic mass is 9.82. The summed E-state index contributed by atoms with van der Waals surface area (Å²) in [6.07, 6.45) is 2.93. The number of halogens is 1. The lowest BCUT2D eigenvalue weighted by Gasteiger charge is -2.33. The van der Waals surface area contributed by atoms with Crippen molar-refractivity contribution in [3.05, 3.63) is 20.2 Å². The molecule has 2 nitrogen and oxygen atoms in total. The van der Waals surface area contributed by atoms with Gasteiger partial charge in [-0.05, 0) is 53.1 Å². The number of nitrogens with zero attached hydrogens (tertiary/aromatic N) is 1. The summed E-state index contributed by atoms with van der Waals surface area (Å²) in [5.74, 6) is 0. The van der Waals surface area contributed by atoms with Crippen molar-refractivity contribution < 1.29 is 0 Å². The summed E-state index contributed by atoms with van der Waals surface area (Å²) in [6, 6.07) is 0. The van der Waals surface area contributed by atoms with Crippen LogP contribution in [-0.2, 0) is 5.54 Å². The number of hydrogen-bond donors (Lipinski definition) is 0. The highest BCUT2D eigenvalue weighted by molar-refractivity contribution is 9.10. The van der Waals surface area contributed by atoms with Crippen LogP contribution in [0.2, 0.25) is 0 Å². The van der Waals surface area contributed by atoms with Gasteiger partial charge in [0.15, 0.2) is 0 Å². The Labute approximate surface area is 104 Å². The summed E-state index contributed by atoms with van der Waals surface area (Å²) in [6.45, 7) is 11.0. The van der Waals surface area contributed by atoms with Crippen LogP contribution in [0, 0.1) is 5.41 Å². The van der Waals surface area contributed by atoms with Crippen molar-refractivity contribution in [1.82, 2.24) is 3.96 Å². The van der Waals surface area contributed by atoms with Crippen molar-refractivity contribution in [2.75, 3.05) is 0 Å². The van der Waals surface area contributed by atoms with E-state index >= 15 is 0 Å². The Morgan fingerprint density at radius 2 is 1.87 bits per heavy atom. The van der Waals surface area contributed by atoms with Crippen molar-refractivity contribution in [3.8, 4) is 0 Å². The smallest absolute Gasteiger partial charge is 0.263 e. The molecule has 0 N–H and O–H groups in total. The number of hydrogen-bond acceptors (Lipinski definition) is 2. The van der Waals surface area contributed by atoms with Crippen molar-refractivity contribution in [2.24, 2.45) is 5.41 Å². The van der Waals surface area contributed by atoms with Gasteiger partial charge in [0.1, 0.15) is 0 Å². The van der Waals surface area contributed by atoms with E-state index in [9.17, 15) is 4.79 Å². The molecule has 1 heterocycles. The lowest BCUT2D eigenvalue weighted by molar-refractivity contribution is 0.227. The minimum Gasteiger partial charge on any atom is -0.295 e. The highest BCUT2D eigenvalue weighted by Gasteiger charge is 2.28. The minimum absolute atomic E-state index is 0.00586. The quantitative estimate of drug-likeness (QED) is 0.811. The molecule has 0 unspecified atom stereocenters. The zero-order chi connectivity index (χ0) is 11.9. The van der Waals surface area contributed by atoms with Gasteiger partial charge in [0.25, 0.3) is 4.74 Å². The van der Waals surface area contributed by atoms with Gasteiger partial charge in [-0.2, -0.15) is 0 Å². The van der Waals surface area contributed by atoms with E-state index in [1.807, 2.05) is 10.2 Å². The van der Waals surface area contributed by atoms with E-state index in [1.54, 1.807) is 0 Å². The third-order valence-corrected chi connectivity index (χ3v) is 4.18. The average Bonchev–Trinajstić information content (AvgIpc) is 2.27. The van der Waals surface area contributed by atoms with E-state index in [1.165, 1.54) is 11.5 Å². The Balaban J connectivity index is 3.00. The van der Waals surface area contributed by atoms with Crippen LogP contribution in [0.5, 0.6) is 0 Å². The van der Waals surface area contributed by atoms with Crippen LogP contribution in [0.15, 0.2) is 15.5 Å². The highest BCUT2D eigenvalue weighted by atomic mass is 79.9. The highest BCUT2D eigenvalue weighted by Crippen LogP contribution is 2.33. The van der Waals surface area contributed by atoms with Crippen LogP contribution in [0.1, 0.15) is 41.0 Å². The Hall–Kier alpha value is -0.0900. The van der Waals surface area contributed by atoms with E-state index < -0.39 is 0 Å². The van der Waals surface area contributed by atoms with E-state index in [2.05, 4.69) is 50.5 Å². The molecule has 15 heavy (non-hydrogen) atoms. The van der Waals surface area contributed by atoms with Gasteiger partial charge in [-0.25, -0.2) is 0 Å². The molecular weight excluding hydrogens is 274 g/mol.